The molecule has 15 heavy (non-hydrogen) atoms. The van der Waals surface area contributed by atoms with Gasteiger partial charge in [-0.3, -0.25) is 4.79 Å². The van der Waals surface area contributed by atoms with E-state index in [1.807, 2.05) is 0 Å². The molecule has 0 bridgehead atoms. The molecule has 0 aromatic carbocycles. The Balaban J connectivity index is 2.46. The number of esters is 1. The van der Waals surface area contributed by atoms with E-state index in [-0.39, 0.29) is 6.42 Å². The van der Waals surface area contributed by atoms with E-state index >= 15 is 0 Å². The zero-order valence-electron chi connectivity index (χ0n) is 8.43. The lowest BCUT2D eigenvalue weighted by Crippen LogP contribution is -2.44. The van der Waals surface area contributed by atoms with Crippen molar-refractivity contribution < 1.29 is 22.7 Å². The Kier molecular flexibility index (Phi) is 3.96. The number of carbonyl (C=O) groups excluding carboxylic acids is 1. The molecule has 1 fully saturated rings. The van der Waals surface area contributed by atoms with E-state index in [0.29, 0.717) is 13.0 Å². The lowest BCUT2D eigenvalue weighted by molar-refractivity contribution is -0.153. The quantitative estimate of drug-likeness (QED) is 0.723. The van der Waals surface area contributed by atoms with Crippen molar-refractivity contribution in [2.45, 2.75) is 31.5 Å². The van der Waals surface area contributed by atoms with Crippen molar-refractivity contribution in [2.75, 3.05) is 13.7 Å². The lowest BCUT2D eigenvalue weighted by Gasteiger charge is -2.29. The topological polar surface area (TPSA) is 38.3 Å². The van der Waals surface area contributed by atoms with E-state index in [1.165, 1.54) is 7.11 Å². The minimum Gasteiger partial charge on any atom is -0.468 e. The highest BCUT2D eigenvalue weighted by Gasteiger charge is 2.36. The maximum atomic E-state index is 12.1. The van der Waals surface area contributed by atoms with Crippen LogP contribution in [0.3, 0.4) is 0 Å². The van der Waals surface area contributed by atoms with Gasteiger partial charge in [0.2, 0.25) is 0 Å². The van der Waals surface area contributed by atoms with Gasteiger partial charge in [0.05, 0.1) is 7.11 Å². The van der Waals surface area contributed by atoms with Crippen LogP contribution in [0.15, 0.2) is 0 Å². The summed E-state index contributed by atoms with van der Waals surface area (Å²) >= 11 is 0. The molecule has 1 N–H and O–H groups in total. The Morgan fingerprint density at radius 2 is 2.20 bits per heavy atom. The molecule has 0 aromatic rings. The van der Waals surface area contributed by atoms with Gasteiger partial charge in [0, 0.05) is 6.42 Å². The Morgan fingerprint density at radius 3 is 2.73 bits per heavy atom. The lowest BCUT2D eigenvalue weighted by atomic mass is 9.89. The first-order chi connectivity index (χ1) is 6.92. The average Bonchev–Trinajstić information content (AvgIpc) is 2.14. The van der Waals surface area contributed by atoms with E-state index in [4.69, 9.17) is 0 Å². The molecule has 0 saturated carbocycles. The van der Waals surface area contributed by atoms with Gasteiger partial charge in [-0.1, -0.05) is 0 Å². The number of carbonyl (C=O) groups is 1. The van der Waals surface area contributed by atoms with Gasteiger partial charge in [0.1, 0.15) is 6.04 Å². The maximum absolute atomic E-state index is 12.1. The number of nitrogens with one attached hydrogen (secondary N) is 1. The van der Waals surface area contributed by atoms with E-state index in [9.17, 15) is 18.0 Å². The summed E-state index contributed by atoms with van der Waals surface area (Å²) in [6, 6.07) is -0.587. The van der Waals surface area contributed by atoms with Gasteiger partial charge in [0.15, 0.2) is 0 Å². The van der Waals surface area contributed by atoms with Crippen molar-refractivity contribution in [1.82, 2.24) is 5.32 Å². The van der Waals surface area contributed by atoms with E-state index in [1.54, 1.807) is 0 Å². The van der Waals surface area contributed by atoms with Crippen LogP contribution in [0.4, 0.5) is 13.2 Å². The van der Waals surface area contributed by atoms with Gasteiger partial charge in [0.25, 0.3) is 0 Å². The van der Waals surface area contributed by atoms with Crippen LogP contribution < -0.4 is 5.32 Å². The van der Waals surface area contributed by atoms with Crippen molar-refractivity contribution >= 4 is 5.97 Å². The number of hydrogen-bond donors (Lipinski definition) is 1. The number of rotatable bonds is 2. The third-order valence-corrected chi connectivity index (χ3v) is 2.52. The van der Waals surface area contributed by atoms with Crippen LogP contribution in [0.5, 0.6) is 0 Å². The highest BCUT2D eigenvalue weighted by Crippen LogP contribution is 2.30. The molecular formula is C9H14F3NO2. The Hall–Kier alpha value is -0.780. The molecule has 3 nitrogen and oxygen atoms in total. The van der Waals surface area contributed by atoms with Crippen LogP contribution in [-0.2, 0) is 9.53 Å². The van der Waals surface area contributed by atoms with E-state index in [2.05, 4.69) is 10.1 Å². The van der Waals surface area contributed by atoms with Crippen molar-refractivity contribution in [3.63, 3.8) is 0 Å². The molecule has 1 saturated heterocycles. The predicted molar refractivity (Wildman–Crippen MR) is 47.2 cm³/mol. The molecule has 88 valence electrons. The molecule has 2 unspecified atom stereocenters. The smallest absolute Gasteiger partial charge is 0.389 e. The molecular weight excluding hydrogens is 211 g/mol. The van der Waals surface area contributed by atoms with Gasteiger partial charge < -0.3 is 10.1 Å². The zero-order chi connectivity index (χ0) is 11.5. The largest absolute Gasteiger partial charge is 0.468 e. The first-order valence-electron chi connectivity index (χ1n) is 4.80. The Morgan fingerprint density at radius 1 is 1.53 bits per heavy atom. The second-order valence-electron chi connectivity index (χ2n) is 3.74. The van der Waals surface area contributed by atoms with Crippen LogP contribution in [0.2, 0.25) is 0 Å². The molecule has 0 amide bonds. The normalized spacial score (nSPS) is 27.5. The number of hydrogen-bond acceptors (Lipinski definition) is 3. The number of alkyl halides is 3. The average molecular weight is 225 g/mol. The molecule has 1 aliphatic heterocycles. The van der Waals surface area contributed by atoms with Gasteiger partial charge in [-0.15, -0.1) is 0 Å². The van der Waals surface area contributed by atoms with Crippen molar-refractivity contribution in [2.24, 2.45) is 5.92 Å². The molecule has 1 rings (SSSR count). The van der Waals surface area contributed by atoms with Gasteiger partial charge in [-0.05, 0) is 25.3 Å². The highest BCUT2D eigenvalue weighted by molar-refractivity contribution is 5.75. The second-order valence-corrected chi connectivity index (χ2v) is 3.74. The van der Waals surface area contributed by atoms with Crippen LogP contribution in [0.25, 0.3) is 0 Å². The van der Waals surface area contributed by atoms with Crippen LogP contribution in [-0.4, -0.2) is 31.8 Å². The zero-order valence-corrected chi connectivity index (χ0v) is 8.43. The highest BCUT2D eigenvalue weighted by atomic mass is 19.4. The van der Waals surface area contributed by atoms with Crippen LogP contribution in [0, 0.1) is 5.92 Å². The minimum absolute atomic E-state index is 0.201. The minimum atomic E-state index is -4.15. The number of piperidine rings is 1. The molecule has 0 spiro atoms. The van der Waals surface area contributed by atoms with Gasteiger partial charge >= 0.3 is 12.1 Å². The third-order valence-electron chi connectivity index (χ3n) is 2.52. The standard InChI is InChI=1S/C9H14F3NO2/c1-15-8(14)7-4-6(2-3-13-7)5-9(10,11)12/h6-7,13H,2-5H2,1H3. The molecule has 1 aliphatic rings. The van der Waals surface area contributed by atoms with Crippen molar-refractivity contribution in [3.8, 4) is 0 Å². The first-order valence-corrected chi connectivity index (χ1v) is 4.80. The predicted octanol–water partition coefficient (Wildman–Crippen LogP) is 1.48. The van der Waals surface area contributed by atoms with Gasteiger partial charge in [-0.2, -0.15) is 13.2 Å². The fourth-order valence-corrected chi connectivity index (χ4v) is 1.83. The Labute approximate surface area is 86.0 Å². The third kappa shape index (κ3) is 4.07. The summed E-state index contributed by atoms with van der Waals surface area (Å²) in [5.41, 5.74) is 0. The summed E-state index contributed by atoms with van der Waals surface area (Å²) in [4.78, 5) is 11.1. The number of methoxy groups -OCH3 is 1. The molecule has 1 heterocycles. The van der Waals surface area contributed by atoms with Gasteiger partial charge in [-0.25, -0.2) is 0 Å². The molecule has 6 heteroatoms. The summed E-state index contributed by atoms with van der Waals surface area (Å²) in [5, 5.41) is 2.84. The fraction of sp³-hybridized carbons (Fsp3) is 0.889. The monoisotopic (exact) mass is 225 g/mol. The molecule has 2 atom stereocenters. The summed E-state index contributed by atoms with van der Waals surface area (Å²) < 4.78 is 40.8. The number of ether oxygens (including phenoxy) is 1. The first kappa shape index (κ1) is 12.3. The SMILES string of the molecule is COC(=O)C1CC(CC(F)(F)F)CCN1. The Bertz CT molecular complexity index is 230. The van der Waals surface area contributed by atoms with Crippen LogP contribution >= 0.6 is 0 Å². The summed E-state index contributed by atoms with van der Waals surface area (Å²) in [6.07, 6.45) is -4.32. The summed E-state index contributed by atoms with van der Waals surface area (Å²) in [7, 11) is 1.23. The van der Waals surface area contributed by atoms with E-state index < -0.39 is 30.5 Å². The fourth-order valence-electron chi connectivity index (χ4n) is 1.83. The van der Waals surface area contributed by atoms with Crippen molar-refractivity contribution in [1.29, 1.82) is 0 Å². The molecule has 0 aromatic heterocycles. The van der Waals surface area contributed by atoms with Crippen molar-refractivity contribution in [3.05, 3.63) is 0 Å². The summed E-state index contributed by atoms with van der Waals surface area (Å²) in [5.74, 6) is -0.961. The molecule has 0 radical (unpaired) electrons. The second kappa shape index (κ2) is 4.83. The maximum Gasteiger partial charge on any atom is 0.389 e. The van der Waals surface area contributed by atoms with E-state index in [0.717, 1.165) is 0 Å². The van der Waals surface area contributed by atoms with Crippen LogP contribution in [0.1, 0.15) is 19.3 Å². The molecule has 0 aliphatic carbocycles. The number of halogens is 3. The summed E-state index contributed by atoms with van der Waals surface area (Å²) in [6.45, 7) is 0.431.